The smallest absolute Gasteiger partial charge is 0.319 e. The second-order valence-corrected chi connectivity index (χ2v) is 8.86. The minimum absolute atomic E-state index is 0.157. The zero-order valence-corrected chi connectivity index (χ0v) is 17.5. The van der Waals surface area contributed by atoms with Crippen molar-refractivity contribution < 1.29 is 18.0 Å². The van der Waals surface area contributed by atoms with Gasteiger partial charge in [-0.2, -0.15) is 4.31 Å². The highest BCUT2D eigenvalue weighted by molar-refractivity contribution is 7.89. The number of hydrogen-bond acceptors (Lipinski definition) is 5. The van der Waals surface area contributed by atoms with Crippen LogP contribution in [0.2, 0.25) is 0 Å². The Hall–Kier alpha value is -2.98. The lowest BCUT2D eigenvalue weighted by Gasteiger charge is -2.30. The van der Waals surface area contributed by atoms with E-state index in [1.54, 1.807) is 30.3 Å². The van der Waals surface area contributed by atoms with Crippen LogP contribution in [0.4, 0.5) is 16.2 Å². The molecule has 2 aromatic rings. The number of hydrogen-bond donors (Lipinski definition) is 3. The van der Waals surface area contributed by atoms with Crippen LogP contribution in [0.1, 0.15) is 19.8 Å². The van der Waals surface area contributed by atoms with Gasteiger partial charge in [-0.15, -0.1) is 0 Å². The van der Waals surface area contributed by atoms with Crippen LogP contribution in [-0.4, -0.2) is 49.3 Å². The quantitative estimate of drug-likeness (QED) is 0.648. The van der Waals surface area contributed by atoms with Crippen molar-refractivity contribution in [1.29, 1.82) is 0 Å². The Labute approximate surface area is 175 Å². The van der Waals surface area contributed by atoms with E-state index in [1.165, 1.54) is 22.8 Å². The predicted octanol–water partition coefficient (Wildman–Crippen LogP) is 2.26. The third-order valence-electron chi connectivity index (χ3n) is 4.82. The third-order valence-corrected chi connectivity index (χ3v) is 6.70. The summed E-state index contributed by atoms with van der Waals surface area (Å²) in [4.78, 5) is 28.3. The van der Waals surface area contributed by atoms with Crippen LogP contribution in [0.25, 0.3) is 0 Å². The third kappa shape index (κ3) is 5.33. The predicted molar refractivity (Wildman–Crippen MR) is 113 cm³/mol. The van der Waals surface area contributed by atoms with Gasteiger partial charge in [0.1, 0.15) is 4.90 Å². The van der Waals surface area contributed by atoms with Crippen LogP contribution >= 0.6 is 0 Å². The molecule has 30 heavy (non-hydrogen) atoms. The van der Waals surface area contributed by atoms with E-state index in [1.807, 2.05) is 6.92 Å². The van der Waals surface area contributed by atoms with Gasteiger partial charge in [-0.3, -0.25) is 9.78 Å². The summed E-state index contributed by atoms with van der Waals surface area (Å²) in [7, 11) is -3.60. The van der Waals surface area contributed by atoms with Crippen LogP contribution in [0.3, 0.4) is 0 Å². The van der Waals surface area contributed by atoms with Crippen LogP contribution in [-0.2, 0) is 14.8 Å². The molecule has 0 atom stereocenters. The molecule has 1 aromatic heterocycles. The Kier molecular flexibility index (Phi) is 7.01. The molecule has 1 saturated heterocycles. The van der Waals surface area contributed by atoms with Crippen molar-refractivity contribution >= 4 is 33.3 Å². The number of urea groups is 1. The number of sulfonamides is 1. The molecule has 9 nitrogen and oxygen atoms in total. The first-order chi connectivity index (χ1) is 14.4. The monoisotopic (exact) mass is 431 g/mol. The lowest BCUT2D eigenvalue weighted by molar-refractivity contribution is -0.120. The Bertz CT molecular complexity index is 989. The second-order valence-electron chi connectivity index (χ2n) is 6.92. The maximum atomic E-state index is 12.7. The zero-order valence-electron chi connectivity index (χ0n) is 16.7. The summed E-state index contributed by atoms with van der Waals surface area (Å²) in [6, 6.07) is 9.67. The van der Waals surface area contributed by atoms with Crippen LogP contribution in [0.5, 0.6) is 0 Å². The molecule has 1 fully saturated rings. The number of anilines is 2. The fourth-order valence-electron chi connectivity index (χ4n) is 3.26. The minimum atomic E-state index is -3.60. The molecule has 3 rings (SSSR count). The molecule has 0 aliphatic carbocycles. The molecule has 0 saturated carbocycles. The molecule has 0 unspecified atom stereocenters. The van der Waals surface area contributed by atoms with E-state index in [0.29, 0.717) is 30.8 Å². The van der Waals surface area contributed by atoms with Crippen LogP contribution in [0.15, 0.2) is 53.7 Å². The molecular formula is C20H25N5O4S. The van der Waals surface area contributed by atoms with Gasteiger partial charge in [0, 0.05) is 49.3 Å². The highest BCUT2D eigenvalue weighted by Gasteiger charge is 2.32. The van der Waals surface area contributed by atoms with E-state index in [-0.39, 0.29) is 35.8 Å². The van der Waals surface area contributed by atoms with Gasteiger partial charge < -0.3 is 16.0 Å². The Balaban J connectivity index is 1.56. The van der Waals surface area contributed by atoms with E-state index in [0.717, 1.165) is 0 Å². The number of pyridine rings is 1. The summed E-state index contributed by atoms with van der Waals surface area (Å²) in [6.07, 6.45) is 3.72. The molecule has 160 valence electrons. The highest BCUT2D eigenvalue weighted by Crippen LogP contribution is 2.25. The number of nitrogens with zero attached hydrogens (tertiary/aromatic N) is 2. The number of aromatic nitrogens is 1. The maximum absolute atomic E-state index is 12.7. The molecule has 1 aliphatic heterocycles. The number of nitrogens with one attached hydrogen (secondary N) is 3. The average molecular weight is 432 g/mol. The molecule has 3 N–H and O–H groups in total. The molecule has 0 spiro atoms. The summed E-state index contributed by atoms with van der Waals surface area (Å²) < 4.78 is 26.7. The van der Waals surface area contributed by atoms with Gasteiger partial charge in [0.05, 0.1) is 0 Å². The summed E-state index contributed by atoms with van der Waals surface area (Å²) in [5.41, 5.74) is 1.14. The van der Waals surface area contributed by atoms with Crippen molar-refractivity contribution in [3.63, 3.8) is 0 Å². The maximum Gasteiger partial charge on any atom is 0.319 e. The van der Waals surface area contributed by atoms with Crippen molar-refractivity contribution in [3.05, 3.63) is 48.8 Å². The first-order valence-electron chi connectivity index (χ1n) is 9.76. The van der Waals surface area contributed by atoms with Gasteiger partial charge in [-0.1, -0.05) is 6.07 Å². The normalized spacial score (nSPS) is 15.4. The van der Waals surface area contributed by atoms with Crippen molar-refractivity contribution in [2.24, 2.45) is 5.92 Å². The summed E-state index contributed by atoms with van der Waals surface area (Å²) in [5, 5.41) is 8.19. The number of carbonyl (C=O) groups excluding carboxylic acids is 2. The fourth-order valence-corrected chi connectivity index (χ4v) is 4.70. The summed E-state index contributed by atoms with van der Waals surface area (Å²) in [5.74, 6) is -0.450. The van der Waals surface area contributed by atoms with Crippen LogP contribution in [0, 0.1) is 5.92 Å². The number of amides is 3. The fraction of sp³-hybridized carbons (Fsp3) is 0.350. The van der Waals surface area contributed by atoms with E-state index < -0.39 is 10.0 Å². The number of benzene rings is 1. The second kappa shape index (κ2) is 9.68. The van der Waals surface area contributed by atoms with E-state index in [9.17, 15) is 18.0 Å². The summed E-state index contributed by atoms with van der Waals surface area (Å²) >= 11 is 0. The molecule has 1 aromatic carbocycles. The van der Waals surface area contributed by atoms with Gasteiger partial charge in [0.25, 0.3) is 0 Å². The van der Waals surface area contributed by atoms with E-state index >= 15 is 0 Å². The van der Waals surface area contributed by atoms with Crippen LogP contribution < -0.4 is 16.0 Å². The lowest BCUT2D eigenvalue weighted by atomic mass is 9.97. The first kappa shape index (κ1) is 21.7. The largest absolute Gasteiger partial charge is 0.338 e. The van der Waals surface area contributed by atoms with E-state index in [4.69, 9.17) is 0 Å². The van der Waals surface area contributed by atoms with Gasteiger partial charge in [0.2, 0.25) is 15.9 Å². The van der Waals surface area contributed by atoms with Gasteiger partial charge in [-0.05, 0) is 50.1 Å². The highest BCUT2D eigenvalue weighted by atomic mass is 32.2. The first-order valence-corrected chi connectivity index (χ1v) is 11.2. The van der Waals surface area contributed by atoms with Gasteiger partial charge in [0.15, 0.2) is 0 Å². The van der Waals surface area contributed by atoms with E-state index in [2.05, 4.69) is 20.9 Å². The number of carbonyl (C=O) groups is 2. The molecule has 1 aliphatic rings. The standard InChI is InChI=1S/C20H25N5O4S/c1-2-22-20(27)24-17-6-3-5-16(13-17)23-19(26)15-8-11-25(12-9-15)30(28,29)18-7-4-10-21-14-18/h3-7,10,13-15H,2,8-9,11-12H2,1H3,(H,23,26)(H2,22,24,27). The topological polar surface area (TPSA) is 120 Å². The average Bonchev–Trinajstić information content (AvgIpc) is 2.75. The molecule has 3 amide bonds. The summed E-state index contributed by atoms with van der Waals surface area (Å²) in [6.45, 7) is 2.88. The van der Waals surface area contributed by atoms with Crippen molar-refractivity contribution in [2.75, 3.05) is 30.3 Å². The Morgan fingerprint density at radius 1 is 1.10 bits per heavy atom. The zero-order chi connectivity index (χ0) is 21.6. The molecule has 0 radical (unpaired) electrons. The molecule has 0 bridgehead atoms. The SMILES string of the molecule is CCNC(=O)Nc1cccc(NC(=O)C2CCN(S(=O)(=O)c3cccnc3)CC2)c1. The Morgan fingerprint density at radius 3 is 2.43 bits per heavy atom. The molecular weight excluding hydrogens is 406 g/mol. The molecule has 10 heteroatoms. The minimum Gasteiger partial charge on any atom is -0.338 e. The number of rotatable bonds is 6. The van der Waals surface area contributed by atoms with Crippen molar-refractivity contribution in [3.8, 4) is 0 Å². The van der Waals surface area contributed by atoms with Gasteiger partial charge in [-0.25, -0.2) is 13.2 Å². The van der Waals surface area contributed by atoms with Gasteiger partial charge >= 0.3 is 6.03 Å². The Morgan fingerprint density at radius 2 is 1.80 bits per heavy atom. The van der Waals surface area contributed by atoms with Crippen molar-refractivity contribution in [1.82, 2.24) is 14.6 Å². The van der Waals surface area contributed by atoms with Crippen molar-refractivity contribution in [2.45, 2.75) is 24.7 Å². The molecule has 2 heterocycles. The number of piperidine rings is 1. The lowest BCUT2D eigenvalue weighted by Crippen LogP contribution is -2.41.